The molecule has 1 fully saturated rings. The summed E-state index contributed by atoms with van der Waals surface area (Å²) in [6.45, 7) is 3.90. The van der Waals surface area contributed by atoms with E-state index in [4.69, 9.17) is 9.52 Å². The van der Waals surface area contributed by atoms with Crippen molar-refractivity contribution in [1.82, 2.24) is 4.72 Å². The second-order valence-corrected chi connectivity index (χ2v) is 7.32. The molecule has 0 saturated heterocycles. The molecule has 1 atom stereocenters. The third-order valence-electron chi connectivity index (χ3n) is 2.97. The van der Waals surface area contributed by atoms with Crippen molar-refractivity contribution >= 4 is 31.9 Å². The van der Waals surface area contributed by atoms with Crippen molar-refractivity contribution in [3.05, 3.63) is 16.5 Å². The van der Waals surface area contributed by atoms with E-state index in [1.807, 2.05) is 13.8 Å². The summed E-state index contributed by atoms with van der Waals surface area (Å²) < 4.78 is 31.3. The summed E-state index contributed by atoms with van der Waals surface area (Å²) in [5.74, 6) is -1.73. The normalized spacial score (nSPS) is 21.8. The van der Waals surface area contributed by atoms with E-state index >= 15 is 0 Å². The maximum absolute atomic E-state index is 12.0. The molecule has 1 saturated carbocycles. The van der Waals surface area contributed by atoms with E-state index < -0.39 is 21.8 Å². The molecule has 1 unspecified atom stereocenters. The zero-order valence-electron chi connectivity index (χ0n) is 9.73. The molecule has 8 heteroatoms. The Morgan fingerprint density at radius 2 is 2.17 bits per heavy atom. The van der Waals surface area contributed by atoms with Gasteiger partial charge in [0.2, 0.25) is 15.8 Å². The number of carboxylic acid groups (broad SMARTS) is 1. The second-order valence-electron chi connectivity index (χ2n) is 4.92. The molecule has 1 heterocycles. The number of rotatable bonds is 4. The van der Waals surface area contributed by atoms with Crippen molar-refractivity contribution in [3.8, 4) is 0 Å². The minimum Gasteiger partial charge on any atom is -0.475 e. The zero-order valence-corrected chi connectivity index (χ0v) is 12.1. The van der Waals surface area contributed by atoms with Crippen LogP contribution in [0.3, 0.4) is 0 Å². The molecule has 6 nitrogen and oxygen atoms in total. The second kappa shape index (κ2) is 4.07. The highest BCUT2D eigenvalue weighted by Gasteiger charge is 2.48. The summed E-state index contributed by atoms with van der Waals surface area (Å²) in [5, 5.41) is 8.74. The van der Waals surface area contributed by atoms with Crippen molar-refractivity contribution in [2.75, 3.05) is 0 Å². The number of carboxylic acids is 1. The summed E-state index contributed by atoms with van der Waals surface area (Å²) in [6, 6.07) is 0.863. The van der Waals surface area contributed by atoms with Crippen LogP contribution in [0.25, 0.3) is 0 Å². The molecule has 0 amide bonds. The average Bonchev–Trinajstić information content (AvgIpc) is 2.63. The van der Waals surface area contributed by atoms with Crippen LogP contribution in [-0.4, -0.2) is 25.5 Å². The third-order valence-corrected chi connectivity index (χ3v) is 5.30. The fraction of sp³-hybridized carbons (Fsp3) is 0.500. The molecular formula is C10H12BrNO5S. The van der Waals surface area contributed by atoms with Crippen LogP contribution in [0.2, 0.25) is 0 Å². The highest BCUT2D eigenvalue weighted by Crippen LogP contribution is 2.45. The van der Waals surface area contributed by atoms with E-state index in [1.165, 1.54) is 0 Å². The third kappa shape index (κ3) is 2.45. The number of carbonyl (C=O) groups is 1. The first kappa shape index (κ1) is 13.6. The minimum atomic E-state index is -3.77. The van der Waals surface area contributed by atoms with Crippen molar-refractivity contribution in [2.45, 2.75) is 31.2 Å². The largest absolute Gasteiger partial charge is 0.475 e. The lowest BCUT2D eigenvalue weighted by molar-refractivity contribution is 0.0661. The van der Waals surface area contributed by atoms with Gasteiger partial charge in [0.05, 0.1) is 0 Å². The van der Waals surface area contributed by atoms with Gasteiger partial charge >= 0.3 is 5.97 Å². The Hall–Kier alpha value is -0.860. The van der Waals surface area contributed by atoms with E-state index in [-0.39, 0.29) is 21.0 Å². The molecule has 1 aliphatic rings. The number of hydrogen-bond acceptors (Lipinski definition) is 4. The molecule has 1 aromatic heterocycles. The SMILES string of the molecule is CC1(C)CC1NS(=O)(=O)c1cc(C(=O)O)oc1Br. The predicted octanol–water partition coefficient (Wildman–Crippen LogP) is 1.82. The molecule has 18 heavy (non-hydrogen) atoms. The van der Waals surface area contributed by atoms with Crippen LogP contribution < -0.4 is 4.72 Å². The van der Waals surface area contributed by atoms with E-state index in [9.17, 15) is 13.2 Å². The molecule has 1 aliphatic carbocycles. The Balaban J connectivity index is 2.28. The molecular weight excluding hydrogens is 326 g/mol. The number of hydrogen-bond donors (Lipinski definition) is 2. The summed E-state index contributed by atoms with van der Waals surface area (Å²) in [5.41, 5.74) is -0.0566. The van der Waals surface area contributed by atoms with Crippen LogP contribution in [0.1, 0.15) is 30.8 Å². The Labute approximate surface area is 113 Å². The molecule has 0 aliphatic heterocycles. The van der Waals surface area contributed by atoms with Gasteiger partial charge in [0.15, 0.2) is 4.67 Å². The van der Waals surface area contributed by atoms with Crippen molar-refractivity contribution in [3.63, 3.8) is 0 Å². The number of halogens is 1. The minimum absolute atomic E-state index is 0.0566. The van der Waals surface area contributed by atoms with E-state index in [1.54, 1.807) is 0 Å². The maximum atomic E-state index is 12.0. The van der Waals surface area contributed by atoms with E-state index in [0.717, 1.165) is 12.5 Å². The van der Waals surface area contributed by atoms with Gasteiger partial charge in [-0.2, -0.15) is 0 Å². The van der Waals surface area contributed by atoms with Crippen LogP contribution in [0.4, 0.5) is 0 Å². The molecule has 100 valence electrons. The summed E-state index contributed by atoms with van der Waals surface area (Å²) >= 11 is 2.91. The van der Waals surface area contributed by atoms with Gasteiger partial charge < -0.3 is 9.52 Å². The van der Waals surface area contributed by atoms with Gasteiger partial charge in [-0.25, -0.2) is 17.9 Å². The zero-order chi connectivity index (χ0) is 13.7. The Bertz CT molecular complexity index is 604. The quantitative estimate of drug-likeness (QED) is 0.873. The monoisotopic (exact) mass is 337 g/mol. The van der Waals surface area contributed by atoms with E-state index in [0.29, 0.717) is 0 Å². The standard InChI is InChI=1S/C10H12BrNO5S/c1-10(2)4-7(10)12-18(15,16)6-3-5(9(13)14)17-8(6)11/h3,7,12H,4H2,1-2H3,(H,13,14). The van der Waals surface area contributed by atoms with Gasteiger partial charge in [0.25, 0.3) is 0 Å². The first-order chi connectivity index (χ1) is 8.13. The molecule has 0 bridgehead atoms. The summed E-state index contributed by atoms with van der Waals surface area (Å²) in [6.07, 6.45) is 0.757. The van der Waals surface area contributed by atoms with Crippen LogP contribution in [0.5, 0.6) is 0 Å². The first-order valence-corrected chi connectivity index (χ1v) is 7.46. The van der Waals surface area contributed by atoms with Gasteiger partial charge in [-0.1, -0.05) is 13.8 Å². The topological polar surface area (TPSA) is 96.6 Å². The van der Waals surface area contributed by atoms with Crippen molar-refractivity contribution in [1.29, 1.82) is 0 Å². The van der Waals surface area contributed by atoms with Crippen LogP contribution >= 0.6 is 15.9 Å². The molecule has 1 aromatic rings. The van der Waals surface area contributed by atoms with E-state index in [2.05, 4.69) is 20.7 Å². The van der Waals surface area contributed by atoms with Gasteiger partial charge in [-0.15, -0.1) is 0 Å². The van der Waals surface area contributed by atoms with Crippen molar-refractivity contribution in [2.24, 2.45) is 5.41 Å². The van der Waals surface area contributed by atoms with Crippen LogP contribution in [0.15, 0.2) is 20.0 Å². The van der Waals surface area contributed by atoms with Crippen molar-refractivity contribution < 1.29 is 22.7 Å². The highest BCUT2D eigenvalue weighted by atomic mass is 79.9. The highest BCUT2D eigenvalue weighted by molar-refractivity contribution is 9.10. The lowest BCUT2D eigenvalue weighted by Crippen LogP contribution is -2.28. The Kier molecular flexibility index (Phi) is 3.07. The smallest absolute Gasteiger partial charge is 0.371 e. The molecule has 0 aromatic carbocycles. The molecule has 2 rings (SSSR count). The number of aromatic carboxylic acids is 1. The number of nitrogens with one attached hydrogen (secondary N) is 1. The molecule has 0 radical (unpaired) electrons. The fourth-order valence-electron chi connectivity index (χ4n) is 1.56. The fourth-order valence-corrected chi connectivity index (χ4v) is 3.91. The predicted molar refractivity (Wildman–Crippen MR) is 65.9 cm³/mol. The number of sulfonamides is 1. The van der Waals surface area contributed by atoms with Gasteiger partial charge in [-0.05, 0) is 27.8 Å². The summed E-state index contributed by atoms with van der Waals surface area (Å²) in [7, 11) is -3.77. The molecule has 0 spiro atoms. The lowest BCUT2D eigenvalue weighted by Gasteiger charge is -2.06. The lowest BCUT2D eigenvalue weighted by atomic mass is 10.2. The maximum Gasteiger partial charge on any atom is 0.371 e. The number of furan rings is 1. The average molecular weight is 338 g/mol. The van der Waals surface area contributed by atoms with Gasteiger partial charge in [-0.3, -0.25) is 0 Å². The summed E-state index contributed by atoms with van der Waals surface area (Å²) in [4.78, 5) is 10.5. The molecule has 2 N–H and O–H groups in total. The van der Waals surface area contributed by atoms with Crippen LogP contribution in [-0.2, 0) is 10.0 Å². The van der Waals surface area contributed by atoms with Gasteiger partial charge in [0.1, 0.15) is 4.90 Å². The first-order valence-electron chi connectivity index (χ1n) is 5.18. The van der Waals surface area contributed by atoms with Gasteiger partial charge in [0, 0.05) is 12.1 Å². The Morgan fingerprint density at radius 3 is 2.56 bits per heavy atom. The van der Waals surface area contributed by atoms with Crippen LogP contribution in [0, 0.1) is 5.41 Å². The Morgan fingerprint density at radius 1 is 1.61 bits per heavy atom.